The van der Waals surface area contributed by atoms with Gasteiger partial charge >= 0.3 is 0 Å². The van der Waals surface area contributed by atoms with Crippen LogP contribution in [0.1, 0.15) is 24.1 Å². The van der Waals surface area contributed by atoms with E-state index in [1.165, 1.54) is 6.08 Å². The molecule has 3 N–H and O–H groups in total. The Morgan fingerprint density at radius 2 is 1.85 bits per heavy atom. The van der Waals surface area contributed by atoms with E-state index in [2.05, 4.69) is 5.32 Å². The molecule has 2 amide bonds. The summed E-state index contributed by atoms with van der Waals surface area (Å²) in [6.07, 6.45) is 1.49. The SMILES string of the molecule is CC(NC(=O)/C(C#N)=C/c1ccc(OCC(N)=O)cc1)c1ccccc1. The van der Waals surface area contributed by atoms with Crippen LogP contribution in [0.15, 0.2) is 60.2 Å². The minimum Gasteiger partial charge on any atom is -0.484 e. The Morgan fingerprint density at radius 3 is 2.42 bits per heavy atom. The standard InChI is InChI=1S/C20H19N3O3/c1-14(16-5-3-2-4-6-16)23-20(25)17(12-21)11-15-7-9-18(10-8-15)26-13-19(22)24/h2-11,14H,13H2,1H3,(H2,22,24)(H,23,25)/b17-11+. The summed E-state index contributed by atoms with van der Waals surface area (Å²) in [6.45, 7) is 1.64. The van der Waals surface area contributed by atoms with Gasteiger partial charge in [0.2, 0.25) is 0 Å². The van der Waals surface area contributed by atoms with E-state index in [0.29, 0.717) is 11.3 Å². The molecule has 1 atom stereocenters. The zero-order chi connectivity index (χ0) is 18.9. The van der Waals surface area contributed by atoms with Crippen LogP contribution in [0.5, 0.6) is 5.75 Å². The van der Waals surface area contributed by atoms with Crippen molar-refractivity contribution in [3.63, 3.8) is 0 Å². The van der Waals surface area contributed by atoms with E-state index in [1.54, 1.807) is 24.3 Å². The van der Waals surface area contributed by atoms with Gasteiger partial charge in [0.25, 0.3) is 11.8 Å². The maximum atomic E-state index is 12.3. The highest BCUT2D eigenvalue weighted by Gasteiger charge is 2.13. The predicted molar refractivity (Wildman–Crippen MR) is 97.7 cm³/mol. The lowest BCUT2D eigenvalue weighted by molar-refractivity contribution is -0.120. The second kappa shape index (κ2) is 9.04. The Balaban J connectivity index is 2.05. The van der Waals surface area contributed by atoms with Gasteiger partial charge in [-0.2, -0.15) is 5.26 Å². The molecule has 0 saturated heterocycles. The topological polar surface area (TPSA) is 105 Å². The van der Waals surface area contributed by atoms with Crippen molar-refractivity contribution in [3.8, 4) is 11.8 Å². The van der Waals surface area contributed by atoms with Crippen LogP contribution in [0, 0.1) is 11.3 Å². The summed E-state index contributed by atoms with van der Waals surface area (Å²) in [5.74, 6) is -0.538. The summed E-state index contributed by atoms with van der Waals surface area (Å²) < 4.78 is 5.16. The van der Waals surface area contributed by atoms with Gasteiger partial charge in [-0.1, -0.05) is 42.5 Å². The van der Waals surface area contributed by atoms with Crippen molar-refractivity contribution in [2.24, 2.45) is 5.73 Å². The number of nitrogens with one attached hydrogen (secondary N) is 1. The Kier molecular flexibility index (Phi) is 6.52. The van der Waals surface area contributed by atoms with Gasteiger partial charge in [-0.15, -0.1) is 0 Å². The van der Waals surface area contributed by atoms with E-state index >= 15 is 0 Å². The van der Waals surface area contributed by atoms with Crippen LogP contribution >= 0.6 is 0 Å². The Labute approximate surface area is 151 Å². The molecule has 2 rings (SSSR count). The maximum Gasteiger partial charge on any atom is 0.262 e. The Morgan fingerprint density at radius 1 is 1.19 bits per heavy atom. The molecule has 0 saturated carbocycles. The molecule has 0 aliphatic carbocycles. The average molecular weight is 349 g/mol. The van der Waals surface area contributed by atoms with Crippen LogP contribution < -0.4 is 15.8 Å². The maximum absolute atomic E-state index is 12.3. The fourth-order valence-electron chi connectivity index (χ4n) is 2.23. The van der Waals surface area contributed by atoms with Crippen molar-refractivity contribution >= 4 is 17.9 Å². The molecule has 26 heavy (non-hydrogen) atoms. The summed E-state index contributed by atoms with van der Waals surface area (Å²) in [6, 6.07) is 17.8. The Bertz CT molecular complexity index is 837. The van der Waals surface area contributed by atoms with E-state index in [4.69, 9.17) is 10.5 Å². The summed E-state index contributed by atoms with van der Waals surface area (Å²) in [4.78, 5) is 23.0. The molecule has 1 unspecified atom stereocenters. The molecule has 2 aromatic carbocycles. The number of hydrogen-bond acceptors (Lipinski definition) is 4. The number of amides is 2. The number of primary amides is 1. The molecule has 132 valence electrons. The number of benzene rings is 2. The normalized spacial score (nSPS) is 11.9. The second-order valence-electron chi connectivity index (χ2n) is 5.60. The molecule has 0 radical (unpaired) electrons. The fraction of sp³-hybridized carbons (Fsp3) is 0.150. The molecule has 0 spiro atoms. The van der Waals surface area contributed by atoms with Gasteiger partial charge in [-0.3, -0.25) is 9.59 Å². The van der Waals surface area contributed by atoms with Gasteiger partial charge in [0.05, 0.1) is 6.04 Å². The quantitative estimate of drug-likeness (QED) is 0.591. The number of carbonyl (C=O) groups excluding carboxylic acids is 2. The zero-order valence-electron chi connectivity index (χ0n) is 14.3. The summed E-state index contributed by atoms with van der Waals surface area (Å²) in [7, 11) is 0. The molecular weight excluding hydrogens is 330 g/mol. The average Bonchev–Trinajstić information content (AvgIpc) is 2.65. The number of ether oxygens (including phenoxy) is 1. The summed E-state index contributed by atoms with van der Waals surface area (Å²) >= 11 is 0. The van der Waals surface area contributed by atoms with Gasteiger partial charge in [-0.05, 0) is 36.3 Å². The molecule has 0 bridgehead atoms. The number of nitrogens with zero attached hydrogens (tertiary/aromatic N) is 1. The van der Waals surface area contributed by atoms with E-state index in [-0.39, 0.29) is 18.2 Å². The third-order valence-corrected chi connectivity index (χ3v) is 3.58. The summed E-state index contributed by atoms with van der Waals surface area (Å²) in [5.41, 5.74) is 6.63. The predicted octanol–water partition coefficient (Wildman–Crippen LogP) is 2.34. The van der Waals surface area contributed by atoms with Crippen molar-refractivity contribution in [3.05, 3.63) is 71.3 Å². The number of nitriles is 1. The van der Waals surface area contributed by atoms with Crippen molar-refractivity contribution < 1.29 is 14.3 Å². The zero-order valence-corrected chi connectivity index (χ0v) is 14.3. The largest absolute Gasteiger partial charge is 0.484 e. The molecule has 0 aliphatic rings. The van der Waals surface area contributed by atoms with Gasteiger partial charge in [0, 0.05) is 0 Å². The van der Waals surface area contributed by atoms with Crippen LogP contribution in [0.25, 0.3) is 6.08 Å². The molecule has 0 heterocycles. The molecule has 6 heteroatoms. The van der Waals surface area contributed by atoms with Crippen molar-refractivity contribution in [2.45, 2.75) is 13.0 Å². The van der Waals surface area contributed by atoms with Crippen LogP contribution in [-0.4, -0.2) is 18.4 Å². The van der Waals surface area contributed by atoms with Gasteiger partial charge < -0.3 is 15.8 Å². The van der Waals surface area contributed by atoms with Gasteiger partial charge in [0.1, 0.15) is 17.4 Å². The minimum absolute atomic E-state index is 0.00131. The van der Waals surface area contributed by atoms with E-state index in [1.807, 2.05) is 43.3 Å². The van der Waals surface area contributed by atoms with E-state index in [0.717, 1.165) is 5.56 Å². The van der Waals surface area contributed by atoms with Crippen molar-refractivity contribution in [1.82, 2.24) is 5.32 Å². The van der Waals surface area contributed by atoms with Gasteiger partial charge in [0.15, 0.2) is 6.61 Å². The minimum atomic E-state index is -0.565. The van der Waals surface area contributed by atoms with E-state index in [9.17, 15) is 14.9 Å². The van der Waals surface area contributed by atoms with Crippen LogP contribution in [0.4, 0.5) is 0 Å². The highest BCUT2D eigenvalue weighted by Crippen LogP contribution is 2.16. The van der Waals surface area contributed by atoms with Gasteiger partial charge in [-0.25, -0.2) is 0 Å². The van der Waals surface area contributed by atoms with Crippen LogP contribution in [0.3, 0.4) is 0 Å². The third-order valence-electron chi connectivity index (χ3n) is 3.58. The lowest BCUT2D eigenvalue weighted by Gasteiger charge is -2.13. The first-order chi connectivity index (χ1) is 12.5. The smallest absolute Gasteiger partial charge is 0.262 e. The van der Waals surface area contributed by atoms with Crippen molar-refractivity contribution in [2.75, 3.05) is 6.61 Å². The van der Waals surface area contributed by atoms with Crippen LogP contribution in [-0.2, 0) is 9.59 Å². The molecule has 2 aromatic rings. The number of rotatable bonds is 7. The molecular formula is C20H19N3O3. The van der Waals surface area contributed by atoms with E-state index < -0.39 is 11.8 Å². The summed E-state index contributed by atoms with van der Waals surface area (Å²) in [5, 5.41) is 12.1. The number of carbonyl (C=O) groups is 2. The molecule has 6 nitrogen and oxygen atoms in total. The van der Waals surface area contributed by atoms with Crippen LogP contribution in [0.2, 0.25) is 0 Å². The van der Waals surface area contributed by atoms with Crippen molar-refractivity contribution in [1.29, 1.82) is 5.26 Å². The lowest BCUT2D eigenvalue weighted by atomic mass is 10.1. The lowest BCUT2D eigenvalue weighted by Crippen LogP contribution is -2.27. The number of nitrogens with two attached hydrogens (primary N) is 1. The Hall–Kier alpha value is -3.59. The first-order valence-corrected chi connectivity index (χ1v) is 7.98. The number of hydrogen-bond donors (Lipinski definition) is 2. The monoisotopic (exact) mass is 349 g/mol. The molecule has 0 aliphatic heterocycles. The fourth-order valence-corrected chi connectivity index (χ4v) is 2.23. The first-order valence-electron chi connectivity index (χ1n) is 7.98. The highest BCUT2D eigenvalue weighted by atomic mass is 16.5. The second-order valence-corrected chi connectivity index (χ2v) is 5.60. The highest BCUT2D eigenvalue weighted by molar-refractivity contribution is 6.01. The molecule has 0 aromatic heterocycles. The first kappa shape index (κ1) is 18.7. The third kappa shape index (κ3) is 5.49. The molecule has 0 fully saturated rings.